The highest BCUT2D eigenvalue weighted by Crippen LogP contribution is 2.17. The van der Waals surface area contributed by atoms with E-state index in [1.54, 1.807) is 27.7 Å². The van der Waals surface area contributed by atoms with Gasteiger partial charge in [0.2, 0.25) is 17.7 Å². The maximum Gasteiger partial charge on any atom is 0.405 e. The average molecular weight is 471 g/mol. The SMILES string of the molecule is CC(C)C[C@H](NC(=O)[C@@H](NC(=O)O)[C@@H](C)OC(C)(C)C)C(=O)N[C@H](C=O)C[C@@H]1CCNC1=O. The molecule has 0 aromatic heterocycles. The number of carboxylic acid groups (broad SMARTS) is 1. The van der Waals surface area contributed by atoms with Crippen LogP contribution in [0.3, 0.4) is 0 Å². The van der Waals surface area contributed by atoms with Gasteiger partial charge in [-0.05, 0) is 52.9 Å². The standard InChI is InChI=1S/C22H38N4O7/c1-12(2)9-16(19(29)24-15(11-27)10-14-7-8-23-18(14)28)25-20(30)17(26-21(31)32)13(3)33-22(4,5)6/h11-17,26H,7-10H2,1-6H3,(H,23,28)(H,24,29)(H,25,30)(H,31,32)/t13-,14+,15+,16+,17+/m1/s1. The van der Waals surface area contributed by atoms with E-state index in [9.17, 15) is 29.1 Å². The second-order valence-corrected chi connectivity index (χ2v) is 9.82. The summed E-state index contributed by atoms with van der Waals surface area (Å²) in [5, 5.41) is 19.2. The van der Waals surface area contributed by atoms with Gasteiger partial charge < -0.3 is 35.9 Å². The van der Waals surface area contributed by atoms with Crippen LogP contribution in [0.1, 0.15) is 60.8 Å². The van der Waals surface area contributed by atoms with Crippen molar-refractivity contribution in [2.75, 3.05) is 6.54 Å². The molecule has 0 unspecified atom stereocenters. The van der Waals surface area contributed by atoms with Crippen LogP contribution in [0.4, 0.5) is 4.79 Å². The molecule has 0 bridgehead atoms. The van der Waals surface area contributed by atoms with E-state index in [-0.39, 0.29) is 30.6 Å². The Bertz CT molecular complexity index is 720. The monoisotopic (exact) mass is 470 g/mol. The Labute approximate surface area is 194 Å². The number of ether oxygens (including phenoxy) is 1. The summed E-state index contributed by atoms with van der Waals surface area (Å²) in [6, 6.07) is -3.14. The number of rotatable bonds is 12. The molecule has 1 heterocycles. The molecule has 5 N–H and O–H groups in total. The van der Waals surface area contributed by atoms with Gasteiger partial charge in [0.25, 0.3) is 0 Å². The van der Waals surface area contributed by atoms with E-state index >= 15 is 0 Å². The molecule has 1 aliphatic rings. The van der Waals surface area contributed by atoms with E-state index in [4.69, 9.17) is 4.74 Å². The minimum atomic E-state index is -1.40. The topological polar surface area (TPSA) is 163 Å². The highest BCUT2D eigenvalue weighted by molar-refractivity contribution is 5.92. The van der Waals surface area contributed by atoms with Crippen molar-refractivity contribution in [3.05, 3.63) is 0 Å². The summed E-state index contributed by atoms with van der Waals surface area (Å²) in [4.78, 5) is 60.5. The van der Waals surface area contributed by atoms with Gasteiger partial charge in [0.15, 0.2) is 0 Å². The van der Waals surface area contributed by atoms with E-state index in [1.165, 1.54) is 0 Å². The van der Waals surface area contributed by atoms with Gasteiger partial charge in [-0.1, -0.05) is 13.8 Å². The molecule has 1 saturated heterocycles. The quantitative estimate of drug-likeness (QED) is 0.260. The maximum absolute atomic E-state index is 13.0. The predicted octanol–water partition coefficient (Wildman–Crippen LogP) is 0.567. The van der Waals surface area contributed by atoms with E-state index < -0.39 is 47.7 Å². The third kappa shape index (κ3) is 10.2. The lowest BCUT2D eigenvalue weighted by Gasteiger charge is -2.31. The molecule has 0 aliphatic carbocycles. The molecule has 1 rings (SSSR count). The fraction of sp³-hybridized carbons (Fsp3) is 0.773. The van der Waals surface area contributed by atoms with E-state index in [0.29, 0.717) is 19.3 Å². The zero-order valence-electron chi connectivity index (χ0n) is 20.3. The first-order valence-corrected chi connectivity index (χ1v) is 11.2. The third-order valence-corrected chi connectivity index (χ3v) is 5.10. The summed E-state index contributed by atoms with van der Waals surface area (Å²) in [7, 11) is 0. The van der Waals surface area contributed by atoms with Crippen molar-refractivity contribution in [2.45, 2.75) is 90.6 Å². The Morgan fingerprint density at radius 3 is 2.24 bits per heavy atom. The second-order valence-electron chi connectivity index (χ2n) is 9.82. The molecular weight excluding hydrogens is 432 g/mol. The largest absolute Gasteiger partial charge is 0.465 e. The van der Waals surface area contributed by atoms with Gasteiger partial charge in [0, 0.05) is 12.5 Å². The van der Waals surface area contributed by atoms with Gasteiger partial charge in [-0.25, -0.2) is 4.79 Å². The number of amides is 4. The average Bonchev–Trinajstić information content (AvgIpc) is 3.07. The summed E-state index contributed by atoms with van der Waals surface area (Å²) in [5.41, 5.74) is -0.628. The first kappa shape index (κ1) is 28.3. The van der Waals surface area contributed by atoms with Crippen molar-refractivity contribution in [1.82, 2.24) is 21.3 Å². The Morgan fingerprint density at radius 2 is 1.79 bits per heavy atom. The molecule has 11 nitrogen and oxygen atoms in total. The second kappa shape index (κ2) is 12.5. The zero-order valence-corrected chi connectivity index (χ0v) is 20.3. The third-order valence-electron chi connectivity index (χ3n) is 5.10. The maximum atomic E-state index is 13.0. The number of nitrogens with one attached hydrogen (secondary N) is 4. The predicted molar refractivity (Wildman–Crippen MR) is 120 cm³/mol. The van der Waals surface area contributed by atoms with Crippen molar-refractivity contribution in [3.8, 4) is 0 Å². The number of hydrogen-bond acceptors (Lipinski definition) is 6. The molecule has 0 aromatic carbocycles. The molecule has 1 aliphatic heterocycles. The number of hydrogen-bond donors (Lipinski definition) is 5. The van der Waals surface area contributed by atoms with Gasteiger partial charge >= 0.3 is 6.09 Å². The fourth-order valence-corrected chi connectivity index (χ4v) is 3.73. The Morgan fingerprint density at radius 1 is 1.15 bits per heavy atom. The Hall–Kier alpha value is -2.69. The van der Waals surface area contributed by atoms with E-state index in [0.717, 1.165) is 0 Å². The molecular formula is C22H38N4O7. The van der Waals surface area contributed by atoms with Crippen LogP contribution in [0, 0.1) is 11.8 Å². The molecule has 0 radical (unpaired) electrons. The minimum Gasteiger partial charge on any atom is -0.465 e. The summed E-state index contributed by atoms with van der Waals surface area (Å²) in [6.45, 7) is 11.2. The fourth-order valence-electron chi connectivity index (χ4n) is 3.73. The van der Waals surface area contributed by atoms with E-state index in [2.05, 4.69) is 21.3 Å². The molecule has 5 atom stereocenters. The van der Waals surface area contributed by atoms with E-state index in [1.807, 2.05) is 13.8 Å². The smallest absolute Gasteiger partial charge is 0.405 e. The summed E-state index contributed by atoms with van der Waals surface area (Å²) < 4.78 is 5.74. The summed E-state index contributed by atoms with van der Waals surface area (Å²) in [5.74, 6) is -1.79. The molecule has 0 aromatic rings. The summed E-state index contributed by atoms with van der Waals surface area (Å²) >= 11 is 0. The highest BCUT2D eigenvalue weighted by atomic mass is 16.5. The zero-order chi connectivity index (χ0) is 25.3. The lowest BCUT2D eigenvalue weighted by Crippen LogP contribution is -2.59. The lowest BCUT2D eigenvalue weighted by atomic mass is 9.97. The first-order chi connectivity index (χ1) is 15.2. The minimum absolute atomic E-state index is 0.0190. The first-order valence-electron chi connectivity index (χ1n) is 11.2. The van der Waals surface area contributed by atoms with Crippen LogP contribution in [0.2, 0.25) is 0 Å². The van der Waals surface area contributed by atoms with Crippen molar-refractivity contribution < 1.29 is 33.8 Å². The molecule has 33 heavy (non-hydrogen) atoms. The van der Waals surface area contributed by atoms with Gasteiger partial charge in [-0.15, -0.1) is 0 Å². The van der Waals surface area contributed by atoms with Crippen LogP contribution < -0.4 is 21.3 Å². The molecule has 1 fully saturated rings. The lowest BCUT2D eigenvalue weighted by molar-refractivity contribution is -0.135. The molecule has 0 saturated carbocycles. The summed E-state index contributed by atoms with van der Waals surface area (Å²) in [6.07, 6.45) is -0.622. The van der Waals surface area contributed by atoms with Crippen molar-refractivity contribution in [3.63, 3.8) is 0 Å². The Kier molecular flexibility index (Phi) is 10.8. The van der Waals surface area contributed by atoms with Crippen LogP contribution in [-0.4, -0.2) is 71.6 Å². The van der Waals surface area contributed by atoms with Gasteiger partial charge in [0.05, 0.1) is 17.7 Å². The highest BCUT2D eigenvalue weighted by Gasteiger charge is 2.34. The number of aldehydes is 1. The van der Waals surface area contributed by atoms with Crippen molar-refractivity contribution in [2.24, 2.45) is 11.8 Å². The van der Waals surface area contributed by atoms with Crippen LogP contribution >= 0.6 is 0 Å². The molecule has 11 heteroatoms. The van der Waals surface area contributed by atoms with Crippen LogP contribution in [0.25, 0.3) is 0 Å². The van der Waals surface area contributed by atoms with Gasteiger partial charge in [-0.2, -0.15) is 0 Å². The van der Waals surface area contributed by atoms with Crippen LogP contribution in [-0.2, 0) is 23.9 Å². The van der Waals surface area contributed by atoms with Gasteiger partial charge in [-0.3, -0.25) is 14.4 Å². The normalized spacial score (nSPS) is 19.7. The Balaban J connectivity index is 2.93. The molecule has 188 valence electrons. The number of carbonyl (C=O) groups is 5. The van der Waals surface area contributed by atoms with Crippen molar-refractivity contribution in [1.29, 1.82) is 0 Å². The van der Waals surface area contributed by atoms with Crippen LogP contribution in [0.15, 0.2) is 0 Å². The van der Waals surface area contributed by atoms with Crippen molar-refractivity contribution >= 4 is 30.1 Å². The molecule has 0 spiro atoms. The molecule has 4 amide bonds. The van der Waals surface area contributed by atoms with Crippen LogP contribution in [0.5, 0.6) is 0 Å². The number of carbonyl (C=O) groups excluding carboxylic acids is 4. The van der Waals surface area contributed by atoms with Gasteiger partial charge in [0.1, 0.15) is 18.4 Å².